The number of piperidine rings is 2. The number of aromatic nitrogens is 1. The van der Waals surface area contributed by atoms with Crippen molar-refractivity contribution in [3.8, 4) is 5.75 Å². The number of amides is 3. The first-order valence-electron chi connectivity index (χ1n) is 19.1. The molecule has 4 aliphatic heterocycles. The van der Waals surface area contributed by atoms with Crippen molar-refractivity contribution in [1.29, 1.82) is 0 Å². The van der Waals surface area contributed by atoms with Crippen molar-refractivity contribution in [3.63, 3.8) is 0 Å². The Morgan fingerprint density at radius 2 is 1.80 bits per heavy atom. The van der Waals surface area contributed by atoms with Crippen LogP contribution in [0.3, 0.4) is 0 Å². The largest absolute Gasteiger partial charge is 0.482 e. The van der Waals surface area contributed by atoms with E-state index < -0.39 is 12.1 Å². The zero-order chi connectivity index (χ0) is 38.6. The quantitative estimate of drug-likeness (QED) is 0.193. The van der Waals surface area contributed by atoms with Gasteiger partial charge in [-0.1, -0.05) is 12.1 Å². The van der Waals surface area contributed by atoms with Gasteiger partial charge in [-0.15, -0.1) is 0 Å². The zero-order valence-electron chi connectivity index (χ0n) is 31.5. The topological polar surface area (TPSA) is 163 Å². The third-order valence-corrected chi connectivity index (χ3v) is 11.2. The van der Waals surface area contributed by atoms with Gasteiger partial charge in [-0.3, -0.25) is 29.6 Å². The number of allylic oxidation sites excluding steroid dienone is 2. The number of nitrogens with one attached hydrogen (secondary N) is 1. The minimum atomic E-state index is -0.601. The van der Waals surface area contributed by atoms with E-state index in [0.29, 0.717) is 48.1 Å². The zero-order valence-corrected chi connectivity index (χ0v) is 31.5. The number of nitrogen functional groups attached to an aromatic ring is 1. The summed E-state index contributed by atoms with van der Waals surface area (Å²) >= 11 is 0. The predicted molar refractivity (Wildman–Crippen MR) is 210 cm³/mol. The van der Waals surface area contributed by atoms with Crippen molar-refractivity contribution in [2.45, 2.75) is 58.2 Å². The molecule has 14 heteroatoms. The normalized spacial score (nSPS) is 21.1. The fraction of sp³-hybridized carbons (Fsp3) is 0.439. The first-order chi connectivity index (χ1) is 26.5. The van der Waals surface area contributed by atoms with Crippen molar-refractivity contribution in [1.82, 2.24) is 25.0 Å². The van der Waals surface area contributed by atoms with Gasteiger partial charge >= 0.3 is 0 Å². The Morgan fingerprint density at radius 1 is 1.04 bits per heavy atom. The van der Waals surface area contributed by atoms with E-state index in [1.807, 2.05) is 26.0 Å². The Labute approximate surface area is 321 Å². The molecule has 5 N–H and O–H groups in total. The van der Waals surface area contributed by atoms with Crippen LogP contribution < -0.4 is 26.4 Å². The van der Waals surface area contributed by atoms with Crippen molar-refractivity contribution in [3.05, 3.63) is 88.5 Å². The molecule has 290 valence electrons. The summed E-state index contributed by atoms with van der Waals surface area (Å²) in [5, 5.41) is 2.37. The molecule has 5 heterocycles. The van der Waals surface area contributed by atoms with Gasteiger partial charge < -0.3 is 30.9 Å². The molecule has 0 radical (unpaired) electrons. The van der Waals surface area contributed by atoms with E-state index in [9.17, 15) is 18.8 Å². The number of aliphatic imine (C=N–C) groups is 1. The van der Waals surface area contributed by atoms with Crippen molar-refractivity contribution in [2.75, 3.05) is 63.1 Å². The van der Waals surface area contributed by atoms with Crippen LogP contribution in [0.4, 0.5) is 15.9 Å². The van der Waals surface area contributed by atoms with Gasteiger partial charge in [0, 0.05) is 99.3 Å². The molecule has 3 amide bonds. The maximum atomic E-state index is 13.8. The number of ether oxygens (including phenoxy) is 1. The van der Waals surface area contributed by atoms with E-state index in [1.165, 1.54) is 12.1 Å². The summed E-state index contributed by atoms with van der Waals surface area (Å²) in [5.41, 5.74) is 17.9. The average molecular weight is 752 g/mol. The molecule has 1 aromatic heterocycles. The van der Waals surface area contributed by atoms with Crippen molar-refractivity contribution < 1.29 is 23.5 Å². The van der Waals surface area contributed by atoms with E-state index in [2.05, 4.69) is 31.1 Å². The molecule has 0 saturated carbocycles. The Balaban J connectivity index is 0.857. The molecule has 4 aliphatic rings. The van der Waals surface area contributed by atoms with Crippen LogP contribution >= 0.6 is 0 Å². The number of hydrogen-bond donors (Lipinski definition) is 3. The lowest BCUT2D eigenvalue weighted by atomic mass is 9.95. The van der Waals surface area contributed by atoms with Crippen LogP contribution in [0.25, 0.3) is 5.57 Å². The number of nitrogens with zero attached hydrogens (tertiary/aromatic N) is 6. The first-order valence-corrected chi connectivity index (χ1v) is 19.1. The standard InChI is InChI=1S/C41H50FN9O4/c1-26(43)35(30-20-37(39(44)46-21-30)55-27(2)29-4-3-5-32(42)18-29)22-45-25-49-16-14-48(15-17-49)23-28-10-12-50(13-11-28)33-6-7-34-31(19-33)24-51(41(34)54)36-8-9-38(52)47-40(36)53/h3-7,18-22,27-28,36H,8-17,23-25,43H2,1-2H3,(H2,44,46)(H,47,52,53)/b35-26+,45-22+. The summed E-state index contributed by atoms with van der Waals surface area (Å²) in [7, 11) is 0. The van der Waals surface area contributed by atoms with Gasteiger partial charge in [0.15, 0.2) is 11.6 Å². The number of pyridine rings is 1. The molecule has 0 aliphatic carbocycles. The Kier molecular flexibility index (Phi) is 11.4. The SMILES string of the molecule is C/C(N)=C(/C=N/CN1CCN(CC2CCN(c3ccc4c(c3)CN(C3CCC(=O)NC3=O)C4=O)CC2)CC1)c1cnc(N)c(OC(C)c2cccc(F)c2)c1. The number of rotatable bonds is 11. The van der Waals surface area contributed by atoms with Crippen LogP contribution in [-0.4, -0.2) is 102 Å². The summed E-state index contributed by atoms with van der Waals surface area (Å²) in [4.78, 5) is 55.2. The third-order valence-electron chi connectivity index (χ3n) is 11.2. The van der Waals surface area contributed by atoms with Gasteiger partial charge in [0.05, 0.1) is 6.67 Å². The number of piperazine rings is 1. The number of nitrogens with two attached hydrogens (primary N) is 2. The molecule has 2 atom stereocenters. The highest BCUT2D eigenvalue weighted by molar-refractivity contribution is 6.11. The highest BCUT2D eigenvalue weighted by atomic mass is 19.1. The fourth-order valence-corrected chi connectivity index (χ4v) is 7.98. The molecule has 0 spiro atoms. The molecular formula is C41H50FN9O4. The van der Waals surface area contributed by atoms with E-state index in [0.717, 1.165) is 81.0 Å². The first kappa shape index (κ1) is 38.0. The number of halogens is 1. The molecule has 2 unspecified atom stereocenters. The second kappa shape index (κ2) is 16.6. The number of carbonyl (C=O) groups excluding carboxylic acids is 3. The lowest BCUT2D eigenvalue weighted by molar-refractivity contribution is -0.136. The second-order valence-electron chi connectivity index (χ2n) is 15.1. The number of anilines is 2. The average Bonchev–Trinajstić information content (AvgIpc) is 3.50. The Bertz CT molecular complexity index is 1980. The molecule has 55 heavy (non-hydrogen) atoms. The van der Waals surface area contributed by atoms with Crippen LogP contribution in [0.5, 0.6) is 5.75 Å². The molecular weight excluding hydrogens is 702 g/mol. The summed E-state index contributed by atoms with van der Waals surface area (Å²) in [6.45, 7) is 11.4. The van der Waals surface area contributed by atoms with Crippen molar-refractivity contribution in [2.24, 2.45) is 16.6 Å². The van der Waals surface area contributed by atoms with E-state index in [-0.39, 0.29) is 35.8 Å². The predicted octanol–water partition coefficient (Wildman–Crippen LogP) is 3.96. The summed E-state index contributed by atoms with van der Waals surface area (Å²) in [6, 6.07) is 13.5. The smallest absolute Gasteiger partial charge is 0.255 e. The number of benzene rings is 2. The minimum Gasteiger partial charge on any atom is -0.482 e. The molecule has 3 fully saturated rings. The lowest BCUT2D eigenvalue weighted by Crippen LogP contribution is -2.52. The maximum Gasteiger partial charge on any atom is 0.255 e. The number of hydrogen-bond acceptors (Lipinski definition) is 11. The Morgan fingerprint density at radius 3 is 2.53 bits per heavy atom. The van der Waals surface area contributed by atoms with Gasteiger partial charge in [-0.2, -0.15) is 0 Å². The highest BCUT2D eigenvalue weighted by Gasteiger charge is 2.39. The van der Waals surface area contributed by atoms with Gasteiger partial charge in [-0.05, 0) is 86.6 Å². The molecule has 7 rings (SSSR count). The molecule has 0 bridgehead atoms. The number of carbonyl (C=O) groups is 3. The third kappa shape index (κ3) is 8.81. The monoisotopic (exact) mass is 751 g/mol. The van der Waals surface area contributed by atoms with Crippen LogP contribution in [0.1, 0.15) is 72.7 Å². The van der Waals surface area contributed by atoms with Gasteiger partial charge in [0.1, 0.15) is 18.0 Å². The van der Waals surface area contributed by atoms with Crippen LogP contribution in [0.2, 0.25) is 0 Å². The maximum absolute atomic E-state index is 13.8. The summed E-state index contributed by atoms with van der Waals surface area (Å²) in [6.07, 6.45) is 5.83. The molecule has 13 nitrogen and oxygen atoms in total. The lowest BCUT2D eigenvalue weighted by Gasteiger charge is -2.39. The second-order valence-corrected chi connectivity index (χ2v) is 15.1. The number of imide groups is 1. The van der Waals surface area contributed by atoms with Gasteiger partial charge in [0.25, 0.3) is 5.91 Å². The van der Waals surface area contributed by atoms with Crippen LogP contribution in [0, 0.1) is 11.7 Å². The minimum absolute atomic E-state index is 0.139. The Hall–Kier alpha value is -5.34. The highest BCUT2D eigenvalue weighted by Crippen LogP contribution is 2.33. The van der Waals surface area contributed by atoms with Crippen LogP contribution in [0.15, 0.2) is 65.4 Å². The van der Waals surface area contributed by atoms with Crippen molar-refractivity contribution >= 4 is 41.0 Å². The summed E-state index contributed by atoms with van der Waals surface area (Å²) in [5.74, 6) is 0.120. The van der Waals surface area contributed by atoms with Gasteiger partial charge in [0.2, 0.25) is 11.8 Å². The number of fused-ring (bicyclic) bond motifs is 1. The molecule has 3 saturated heterocycles. The van der Waals surface area contributed by atoms with Gasteiger partial charge in [-0.25, -0.2) is 9.37 Å². The van der Waals surface area contributed by atoms with E-state index >= 15 is 0 Å². The van der Waals surface area contributed by atoms with E-state index in [4.69, 9.17) is 21.2 Å². The summed E-state index contributed by atoms with van der Waals surface area (Å²) < 4.78 is 19.9. The van der Waals surface area contributed by atoms with E-state index in [1.54, 1.807) is 35.5 Å². The molecule has 3 aromatic rings. The molecule has 2 aromatic carbocycles. The van der Waals surface area contributed by atoms with Crippen LogP contribution in [-0.2, 0) is 16.1 Å². The fourth-order valence-electron chi connectivity index (χ4n) is 7.98.